The van der Waals surface area contributed by atoms with Crippen molar-refractivity contribution in [1.82, 2.24) is 0 Å². The smallest absolute Gasteiger partial charge is 0.178 e. The van der Waals surface area contributed by atoms with Gasteiger partial charge in [0.2, 0.25) is 0 Å². The van der Waals surface area contributed by atoms with Crippen LogP contribution in [0.2, 0.25) is 0 Å². The number of hydrogen-bond acceptors (Lipinski definition) is 2. The number of rotatable bonds is 4. The summed E-state index contributed by atoms with van der Waals surface area (Å²) in [6, 6.07) is 74.8. The first-order chi connectivity index (χ1) is 29.8. The Bertz CT molecular complexity index is 3820. The molecule has 13 aromatic rings. The minimum Gasteiger partial charge on any atom is -0.452 e. The summed E-state index contributed by atoms with van der Waals surface area (Å²) in [6.07, 6.45) is 0. The number of fused-ring (bicyclic) bond motifs is 12. The number of para-hydroxylation sites is 1. The molecule has 2 heteroatoms. The van der Waals surface area contributed by atoms with Crippen LogP contribution >= 0.6 is 0 Å². The molecule has 2 heterocycles. The van der Waals surface area contributed by atoms with Crippen LogP contribution in [0.25, 0.3) is 131 Å². The zero-order valence-electron chi connectivity index (χ0n) is 32.4. The molecule has 0 amide bonds. The molecule has 0 aliphatic heterocycles. The maximum Gasteiger partial charge on any atom is 0.178 e. The highest BCUT2D eigenvalue weighted by molar-refractivity contribution is 6.25. The normalized spacial score (nSPS) is 12.0. The third kappa shape index (κ3) is 4.82. The van der Waals surface area contributed by atoms with Gasteiger partial charge in [-0.05, 0) is 113 Å². The lowest BCUT2D eigenvalue weighted by molar-refractivity contribution is 0.635. The van der Waals surface area contributed by atoms with Gasteiger partial charge in [0, 0.05) is 26.9 Å². The summed E-state index contributed by atoms with van der Waals surface area (Å²) in [7, 11) is 0. The van der Waals surface area contributed by atoms with Crippen molar-refractivity contribution in [3.63, 3.8) is 0 Å². The summed E-state index contributed by atoms with van der Waals surface area (Å²) >= 11 is 0. The first-order valence-corrected chi connectivity index (χ1v) is 20.6. The van der Waals surface area contributed by atoms with Crippen molar-refractivity contribution < 1.29 is 8.83 Å². The van der Waals surface area contributed by atoms with Gasteiger partial charge >= 0.3 is 0 Å². The lowest BCUT2D eigenvalue weighted by Gasteiger charge is -2.18. The van der Waals surface area contributed by atoms with Gasteiger partial charge in [-0.25, -0.2) is 0 Å². The van der Waals surface area contributed by atoms with Gasteiger partial charge < -0.3 is 8.83 Å². The van der Waals surface area contributed by atoms with Crippen LogP contribution in [0.5, 0.6) is 0 Å². The molecule has 0 radical (unpaired) electrons. The van der Waals surface area contributed by atoms with Crippen molar-refractivity contribution in [2.75, 3.05) is 0 Å². The highest BCUT2D eigenvalue weighted by Gasteiger charge is 2.21. The van der Waals surface area contributed by atoms with Crippen LogP contribution in [0.15, 0.2) is 215 Å². The number of benzene rings is 11. The molecule has 0 aliphatic rings. The Morgan fingerprint density at radius 2 is 0.733 bits per heavy atom. The molecule has 0 spiro atoms. The van der Waals surface area contributed by atoms with Gasteiger partial charge in [-0.3, -0.25) is 0 Å². The first kappa shape index (κ1) is 33.1. The minimum absolute atomic E-state index is 0.791. The van der Waals surface area contributed by atoms with Crippen LogP contribution in [-0.4, -0.2) is 0 Å². The summed E-state index contributed by atoms with van der Waals surface area (Å²) in [5.41, 5.74) is 13.0. The summed E-state index contributed by atoms with van der Waals surface area (Å²) in [6.45, 7) is 0. The molecular formula is C58H34O2. The van der Waals surface area contributed by atoms with Gasteiger partial charge in [0.05, 0.1) is 0 Å². The van der Waals surface area contributed by atoms with E-state index in [4.69, 9.17) is 8.83 Å². The second-order valence-corrected chi connectivity index (χ2v) is 15.9. The van der Waals surface area contributed by atoms with Crippen LogP contribution in [0.4, 0.5) is 0 Å². The van der Waals surface area contributed by atoms with Crippen molar-refractivity contribution in [3.05, 3.63) is 206 Å². The molecule has 278 valence electrons. The van der Waals surface area contributed by atoms with Gasteiger partial charge in [-0.15, -0.1) is 0 Å². The summed E-state index contributed by atoms with van der Waals surface area (Å²) in [5.74, 6) is 0. The van der Waals surface area contributed by atoms with Gasteiger partial charge in [0.1, 0.15) is 11.2 Å². The molecule has 0 bridgehead atoms. The highest BCUT2D eigenvalue weighted by Crippen LogP contribution is 2.47. The molecule has 0 atom stereocenters. The molecule has 2 nitrogen and oxygen atoms in total. The Morgan fingerprint density at radius 1 is 0.233 bits per heavy atom. The van der Waals surface area contributed by atoms with Gasteiger partial charge in [-0.2, -0.15) is 0 Å². The lowest BCUT2D eigenvalue weighted by Crippen LogP contribution is -1.91. The largest absolute Gasteiger partial charge is 0.452 e. The Morgan fingerprint density at radius 3 is 1.47 bits per heavy atom. The quantitative estimate of drug-likeness (QED) is 0.167. The van der Waals surface area contributed by atoms with Gasteiger partial charge in [0.25, 0.3) is 0 Å². The fourth-order valence-corrected chi connectivity index (χ4v) is 9.96. The molecule has 60 heavy (non-hydrogen) atoms. The van der Waals surface area contributed by atoms with Crippen molar-refractivity contribution in [1.29, 1.82) is 0 Å². The van der Waals surface area contributed by atoms with Crippen molar-refractivity contribution in [3.8, 4) is 44.5 Å². The van der Waals surface area contributed by atoms with Gasteiger partial charge in [0.15, 0.2) is 11.2 Å². The summed E-state index contributed by atoms with van der Waals surface area (Å²) < 4.78 is 13.2. The van der Waals surface area contributed by atoms with Crippen LogP contribution in [0, 0.1) is 0 Å². The molecule has 2 aromatic heterocycles. The molecule has 13 rings (SSSR count). The fraction of sp³-hybridized carbons (Fsp3) is 0. The van der Waals surface area contributed by atoms with Crippen molar-refractivity contribution >= 4 is 87.0 Å². The second-order valence-electron chi connectivity index (χ2n) is 15.9. The van der Waals surface area contributed by atoms with E-state index >= 15 is 0 Å². The van der Waals surface area contributed by atoms with Gasteiger partial charge in [-0.1, -0.05) is 176 Å². The third-order valence-electron chi connectivity index (χ3n) is 12.7. The summed E-state index contributed by atoms with van der Waals surface area (Å²) in [5, 5.41) is 14.0. The number of hydrogen-bond donors (Lipinski definition) is 0. The van der Waals surface area contributed by atoms with Crippen molar-refractivity contribution in [2.45, 2.75) is 0 Å². The average Bonchev–Trinajstić information content (AvgIpc) is 3.89. The van der Waals surface area contributed by atoms with Crippen LogP contribution in [0.3, 0.4) is 0 Å². The second kappa shape index (κ2) is 12.8. The van der Waals surface area contributed by atoms with E-state index in [1.807, 2.05) is 12.1 Å². The molecule has 0 unspecified atom stereocenters. The highest BCUT2D eigenvalue weighted by atomic mass is 16.4. The van der Waals surface area contributed by atoms with E-state index in [0.29, 0.717) is 0 Å². The molecule has 0 N–H and O–H groups in total. The minimum atomic E-state index is 0.791. The van der Waals surface area contributed by atoms with Crippen LogP contribution in [0.1, 0.15) is 0 Å². The van der Waals surface area contributed by atoms with E-state index in [1.54, 1.807) is 0 Å². The van der Waals surface area contributed by atoms with Crippen molar-refractivity contribution in [2.24, 2.45) is 0 Å². The summed E-state index contributed by atoms with van der Waals surface area (Å²) in [4.78, 5) is 0. The topological polar surface area (TPSA) is 26.3 Å². The SMILES string of the molecule is c1cc(-c2cccc3ccccc23)cc(-c2c3ccccc3c(-c3ccc(-c4cc5c6ccc7c8ccccc8oc7c6oc5c5ccccc45)cc3)c3ccccc23)c1. The third-order valence-corrected chi connectivity index (χ3v) is 12.7. The van der Waals surface area contributed by atoms with E-state index in [1.165, 1.54) is 71.3 Å². The maximum atomic E-state index is 6.75. The Kier molecular flexibility index (Phi) is 7.05. The number of furan rings is 2. The molecule has 11 aromatic carbocycles. The lowest BCUT2D eigenvalue weighted by atomic mass is 9.85. The van der Waals surface area contributed by atoms with E-state index in [2.05, 4.69) is 194 Å². The predicted octanol–water partition coefficient (Wildman–Crippen LogP) is 16.8. The molecule has 0 saturated heterocycles. The van der Waals surface area contributed by atoms with E-state index in [9.17, 15) is 0 Å². The Balaban J connectivity index is 0.975. The van der Waals surface area contributed by atoms with Crippen LogP contribution < -0.4 is 0 Å². The van der Waals surface area contributed by atoms with Crippen LogP contribution in [-0.2, 0) is 0 Å². The molecule has 0 aliphatic carbocycles. The Hall–Kier alpha value is -7.94. The van der Waals surface area contributed by atoms with E-state index in [0.717, 1.165) is 60.2 Å². The first-order valence-electron chi connectivity index (χ1n) is 20.6. The molecule has 0 saturated carbocycles. The zero-order valence-corrected chi connectivity index (χ0v) is 32.4. The standard InChI is InChI=1S/C58H34O2/c1-2-17-40-35(13-1)14-12-25-41(40)38-15-11-16-39(33-38)55-46-22-6-4-20-44(46)54(45-21-5-7-23-47(45)55)37-29-27-36(28-30-37)51-34-52-50-32-31-49-43-19-9-10-26-53(43)59-57(49)58(50)60-56(52)48-24-8-3-18-42(48)51/h1-34H. The zero-order chi connectivity index (χ0) is 39.3. The molecule has 0 fully saturated rings. The monoisotopic (exact) mass is 762 g/mol. The Labute approximate surface area is 345 Å². The average molecular weight is 763 g/mol. The maximum absolute atomic E-state index is 6.75. The fourth-order valence-electron chi connectivity index (χ4n) is 9.96. The predicted molar refractivity (Wildman–Crippen MR) is 253 cm³/mol. The van der Waals surface area contributed by atoms with E-state index in [-0.39, 0.29) is 0 Å². The molecular weight excluding hydrogens is 729 g/mol. The van der Waals surface area contributed by atoms with E-state index < -0.39 is 0 Å².